The first-order valence-electron chi connectivity index (χ1n) is 6.61. The molecule has 1 fully saturated rings. The van der Waals surface area contributed by atoms with Crippen LogP contribution in [-0.4, -0.2) is 30.7 Å². The van der Waals surface area contributed by atoms with E-state index < -0.39 is 0 Å². The number of hydrogen-bond donors (Lipinski definition) is 0. The van der Waals surface area contributed by atoms with Crippen LogP contribution in [0.4, 0.5) is 0 Å². The Morgan fingerprint density at radius 3 is 2.58 bits per heavy atom. The summed E-state index contributed by atoms with van der Waals surface area (Å²) in [5, 5.41) is 0.477. The molecule has 4 heteroatoms. The van der Waals surface area contributed by atoms with Gasteiger partial charge in [-0.3, -0.25) is 4.79 Å². The quantitative estimate of drug-likeness (QED) is 0.793. The minimum atomic E-state index is -0.0719. The summed E-state index contributed by atoms with van der Waals surface area (Å²) < 4.78 is 11.3. The van der Waals surface area contributed by atoms with Crippen LogP contribution in [0, 0.1) is 0 Å². The number of carbonyl (C=O) groups excluding carboxylic acids is 1. The van der Waals surface area contributed by atoms with E-state index in [0.717, 1.165) is 12.8 Å². The normalized spacial score (nSPS) is 27.2. The summed E-state index contributed by atoms with van der Waals surface area (Å²) in [6.45, 7) is 4.14. The van der Waals surface area contributed by atoms with Crippen molar-refractivity contribution in [2.24, 2.45) is 0 Å². The summed E-state index contributed by atoms with van der Waals surface area (Å²) in [6, 6.07) is 7.05. The average Bonchev–Trinajstić information content (AvgIpc) is 2.35. The van der Waals surface area contributed by atoms with Gasteiger partial charge < -0.3 is 9.47 Å². The first-order valence-corrected chi connectivity index (χ1v) is 6.99. The van der Waals surface area contributed by atoms with E-state index in [1.165, 1.54) is 0 Å². The van der Waals surface area contributed by atoms with E-state index in [4.69, 9.17) is 21.1 Å². The lowest BCUT2D eigenvalue weighted by Crippen LogP contribution is -2.35. The van der Waals surface area contributed by atoms with Crippen LogP contribution < -0.4 is 0 Å². The molecule has 0 amide bonds. The summed E-state index contributed by atoms with van der Waals surface area (Å²) >= 11 is 5.99. The van der Waals surface area contributed by atoms with Crippen molar-refractivity contribution >= 4 is 17.4 Å². The maximum absolute atomic E-state index is 12.0. The molecule has 3 nitrogen and oxygen atoms in total. The van der Waals surface area contributed by atoms with Crippen LogP contribution in [0.15, 0.2) is 24.3 Å². The second-order valence-corrected chi connectivity index (χ2v) is 5.47. The van der Waals surface area contributed by atoms with Crippen LogP contribution in [-0.2, 0) is 9.47 Å². The Labute approximate surface area is 118 Å². The zero-order chi connectivity index (χ0) is 13.8. The van der Waals surface area contributed by atoms with Crippen molar-refractivity contribution in [2.75, 3.05) is 6.61 Å². The number of carbonyl (C=O) groups is 1. The van der Waals surface area contributed by atoms with Gasteiger partial charge in [0.05, 0.1) is 23.3 Å². The van der Waals surface area contributed by atoms with Gasteiger partial charge in [-0.05, 0) is 38.8 Å². The number of ether oxygens (including phenoxy) is 2. The Kier molecular flexibility index (Phi) is 4.97. The van der Waals surface area contributed by atoms with Crippen LogP contribution in [0.25, 0.3) is 0 Å². The SMILES string of the molecule is CC1CC(OCC(=O)c2ccccc2Cl)CC(C)O1. The largest absolute Gasteiger partial charge is 0.375 e. The van der Waals surface area contributed by atoms with E-state index in [1.54, 1.807) is 18.2 Å². The molecule has 0 saturated carbocycles. The first kappa shape index (κ1) is 14.5. The summed E-state index contributed by atoms with van der Waals surface area (Å²) in [4.78, 5) is 12.0. The van der Waals surface area contributed by atoms with Gasteiger partial charge in [0.1, 0.15) is 6.61 Å². The van der Waals surface area contributed by atoms with Crippen LogP contribution in [0.1, 0.15) is 37.0 Å². The maximum Gasteiger partial charge on any atom is 0.189 e. The third-order valence-electron chi connectivity index (χ3n) is 3.28. The third-order valence-corrected chi connectivity index (χ3v) is 3.61. The van der Waals surface area contributed by atoms with Crippen molar-refractivity contribution in [2.45, 2.75) is 45.0 Å². The van der Waals surface area contributed by atoms with Gasteiger partial charge in [0.2, 0.25) is 0 Å². The summed E-state index contributed by atoms with van der Waals surface area (Å²) in [6.07, 6.45) is 2.12. The number of rotatable bonds is 4. The highest BCUT2D eigenvalue weighted by Gasteiger charge is 2.25. The molecule has 1 saturated heterocycles. The molecule has 0 radical (unpaired) electrons. The molecule has 1 aliphatic heterocycles. The van der Waals surface area contributed by atoms with Crippen molar-refractivity contribution in [3.05, 3.63) is 34.9 Å². The molecule has 1 aliphatic rings. The van der Waals surface area contributed by atoms with Crippen molar-refractivity contribution < 1.29 is 14.3 Å². The number of benzene rings is 1. The molecule has 2 rings (SSSR count). The maximum atomic E-state index is 12.0. The second kappa shape index (κ2) is 6.51. The van der Waals surface area contributed by atoms with Gasteiger partial charge in [-0.15, -0.1) is 0 Å². The van der Waals surface area contributed by atoms with Gasteiger partial charge in [-0.25, -0.2) is 0 Å². The summed E-state index contributed by atoms with van der Waals surface area (Å²) in [5.74, 6) is -0.0719. The van der Waals surface area contributed by atoms with Gasteiger partial charge >= 0.3 is 0 Å². The zero-order valence-electron chi connectivity index (χ0n) is 11.3. The molecule has 0 spiro atoms. The van der Waals surface area contributed by atoms with Gasteiger partial charge in [0, 0.05) is 5.56 Å². The molecule has 0 bridgehead atoms. The Morgan fingerprint density at radius 1 is 1.32 bits per heavy atom. The van der Waals surface area contributed by atoms with Crippen LogP contribution >= 0.6 is 11.6 Å². The molecule has 0 N–H and O–H groups in total. The van der Waals surface area contributed by atoms with Crippen LogP contribution in [0.2, 0.25) is 5.02 Å². The molecular weight excluding hydrogens is 264 g/mol. The number of ketones is 1. The van der Waals surface area contributed by atoms with E-state index in [9.17, 15) is 4.79 Å². The molecule has 19 heavy (non-hydrogen) atoms. The predicted molar refractivity (Wildman–Crippen MR) is 74.8 cm³/mol. The lowest BCUT2D eigenvalue weighted by Gasteiger charge is -2.31. The van der Waals surface area contributed by atoms with Crippen molar-refractivity contribution in [3.63, 3.8) is 0 Å². The summed E-state index contributed by atoms with van der Waals surface area (Å²) in [7, 11) is 0. The number of Topliss-reactive ketones (excluding diaryl/α,β-unsaturated/α-hetero) is 1. The molecule has 0 aromatic heterocycles. The predicted octanol–water partition coefficient (Wildman–Crippen LogP) is 3.50. The Balaban J connectivity index is 1.89. The summed E-state index contributed by atoms with van der Waals surface area (Å²) in [5.41, 5.74) is 0.525. The topological polar surface area (TPSA) is 35.5 Å². The molecule has 0 aliphatic carbocycles. The van der Waals surface area contributed by atoms with Gasteiger partial charge in [-0.2, -0.15) is 0 Å². The molecule has 1 aromatic carbocycles. The number of hydrogen-bond acceptors (Lipinski definition) is 3. The first-order chi connectivity index (χ1) is 9.06. The standard InChI is InChI=1S/C15H19ClO3/c1-10-7-12(8-11(2)19-10)18-9-15(17)13-5-3-4-6-14(13)16/h3-6,10-12H,7-9H2,1-2H3. The van der Waals surface area contributed by atoms with E-state index in [2.05, 4.69) is 0 Å². The second-order valence-electron chi connectivity index (χ2n) is 5.06. The van der Waals surface area contributed by atoms with Gasteiger partial charge in [-0.1, -0.05) is 23.7 Å². The van der Waals surface area contributed by atoms with E-state index in [-0.39, 0.29) is 30.7 Å². The fraction of sp³-hybridized carbons (Fsp3) is 0.533. The average molecular weight is 283 g/mol. The van der Waals surface area contributed by atoms with Gasteiger partial charge in [0.15, 0.2) is 5.78 Å². The fourth-order valence-corrected chi connectivity index (χ4v) is 2.68. The van der Waals surface area contributed by atoms with Crippen molar-refractivity contribution in [1.29, 1.82) is 0 Å². The third kappa shape index (κ3) is 4.03. The lowest BCUT2D eigenvalue weighted by molar-refractivity contribution is -0.0975. The highest BCUT2D eigenvalue weighted by molar-refractivity contribution is 6.34. The van der Waals surface area contributed by atoms with Crippen molar-refractivity contribution in [3.8, 4) is 0 Å². The monoisotopic (exact) mass is 282 g/mol. The molecule has 104 valence electrons. The smallest absolute Gasteiger partial charge is 0.189 e. The Hall–Kier alpha value is -0.900. The Bertz CT molecular complexity index is 437. The fourth-order valence-electron chi connectivity index (χ4n) is 2.44. The molecule has 2 atom stereocenters. The van der Waals surface area contributed by atoms with Crippen molar-refractivity contribution in [1.82, 2.24) is 0 Å². The zero-order valence-corrected chi connectivity index (χ0v) is 12.0. The molecular formula is C15H19ClO3. The minimum Gasteiger partial charge on any atom is -0.375 e. The molecule has 1 aromatic rings. The molecule has 2 unspecified atom stereocenters. The molecule has 1 heterocycles. The van der Waals surface area contributed by atoms with E-state index >= 15 is 0 Å². The Morgan fingerprint density at radius 2 is 1.95 bits per heavy atom. The van der Waals surface area contributed by atoms with E-state index in [1.807, 2.05) is 19.9 Å². The van der Waals surface area contributed by atoms with Crippen LogP contribution in [0.5, 0.6) is 0 Å². The van der Waals surface area contributed by atoms with Crippen LogP contribution in [0.3, 0.4) is 0 Å². The number of halogens is 1. The van der Waals surface area contributed by atoms with E-state index in [0.29, 0.717) is 10.6 Å². The lowest BCUT2D eigenvalue weighted by atomic mass is 10.0. The highest BCUT2D eigenvalue weighted by Crippen LogP contribution is 2.22. The minimum absolute atomic E-state index is 0.0719. The van der Waals surface area contributed by atoms with Gasteiger partial charge in [0.25, 0.3) is 0 Å². The highest BCUT2D eigenvalue weighted by atomic mass is 35.5.